The summed E-state index contributed by atoms with van der Waals surface area (Å²) in [7, 11) is 0. The lowest BCUT2D eigenvalue weighted by molar-refractivity contribution is 0.604. The smallest absolute Gasteiger partial charge is 0.0729 e. The van der Waals surface area contributed by atoms with Gasteiger partial charge in [-0.2, -0.15) is 0 Å². The largest absolute Gasteiger partial charge is 0.375 e. The van der Waals surface area contributed by atoms with Crippen LogP contribution in [0.1, 0.15) is 36.6 Å². The third kappa shape index (κ3) is 3.62. The molecule has 1 heterocycles. The molecule has 1 aromatic heterocycles. The lowest BCUT2D eigenvalue weighted by Crippen LogP contribution is -2.19. The van der Waals surface area contributed by atoms with E-state index in [-0.39, 0.29) is 11.5 Å². The van der Waals surface area contributed by atoms with E-state index in [9.17, 15) is 0 Å². The number of hydrogen-bond acceptors (Lipinski definition) is 3. The van der Waals surface area contributed by atoms with Crippen LogP contribution in [-0.4, -0.2) is 6.54 Å². The number of nitrogens with one attached hydrogen (secondary N) is 1. The molecule has 0 saturated heterocycles. The number of benzene rings is 1. The average Bonchev–Trinajstić information content (AvgIpc) is 2.87. The zero-order chi connectivity index (χ0) is 14.8. The summed E-state index contributed by atoms with van der Waals surface area (Å²) in [5, 5.41) is 3.52. The number of rotatable bonds is 4. The zero-order valence-electron chi connectivity index (χ0n) is 12.1. The first-order valence-electron chi connectivity index (χ1n) is 6.73. The molecule has 0 bridgehead atoms. The van der Waals surface area contributed by atoms with Gasteiger partial charge in [-0.05, 0) is 45.6 Å². The van der Waals surface area contributed by atoms with Crippen LogP contribution in [0.2, 0.25) is 0 Å². The monoisotopic (exact) mass is 352 g/mol. The van der Waals surface area contributed by atoms with Crippen LogP contribution in [0, 0.1) is 0 Å². The Hall–Kier alpha value is -0.840. The first kappa shape index (κ1) is 15.5. The third-order valence-electron chi connectivity index (χ3n) is 3.15. The molecule has 0 amide bonds. The van der Waals surface area contributed by atoms with Gasteiger partial charge in [0.1, 0.15) is 0 Å². The number of halogens is 1. The Morgan fingerprint density at radius 1 is 1.20 bits per heavy atom. The molecule has 1 unspecified atom stereocenters. The Morgan fingerprint density at radius 2 is 1.90 bits per heavy atom. The zero-order valence-corrected chi connectivity index (χ0v) is 14.5. The van der Waals surface area contributed by atoms with Crippen molar-refractivity contribution in [3.63, 3.8) is 0 Å². The third-order valence-corrected chi connectivity index (χ3v) is 5.46. The van der Waals surface area contributed by atoms with E-state index in [2.05, 4.69) is 60.2 Å². The van der Waals surface area contributed by atoms with Crippen molar-refractivity contribution >= 4 is 33.0 Å². The van der Waals surface area contributed by atoms with Gasteiger partial charge in [-0.25, -0.2) is 0 Å². The summed E-state index contributed by atoms with van der Waals surface area (Å²) in [6, 6.07) is 12.7. The molecule has 4 heteroatoms. The van der Waals surface area contributed by atoms with Crippen molar-refractivity contribution < 1.29 is 0 Å². The molecule has 2 nitrogen and oxygen atoms in total. The van der Waals surface area contributed by atoms with Crippen molar-refractivity contribution in [3.05, 3.63) is 50.6 Å². The second-order valence-electron chi connectivity index (χ2n) is 5.86. The molecule has 0 radical (unpaired) electrons. The van der Waals surface area contributed by atoms with Gasteiger partial charge in [0.25, 0.3) is 0 Å². The normalized spacial score (nSPS) is 13.2. The molecule has 1 aromatic carbocycles. The number of anilines is 1. The molecule has 3 N–H and O–H groups in total. The molecule has 2 rings (SSSR count). The lowest BCUT2D eigenvalue weighted by atomic mass is 9.95. The minimum Gasteiger partial charge on any atom is -0.375 e. The Labute approximate surface area is 133 Å². The molecule has 108 valence electrons. The van der Waals surface area contributed by atoms with Crippen LogP contribution in [0.25, 0.3) is 0 Å². The second kappa shape index (κ2) is 6.29. The second-order valence-corrected chi connectivity index (χ2v) is 7.83. The van der Waals surface area contributed by atoms with E-state index in [0.29, 0.717) is 6.54 Å². The van der Waals surface area contributed by atoms with Gasteiger partial charge in [0.15, 0.2) is 0 Å². The summed E-state index contributed by atoms with van der Waals surface area (Å²) in [5.41, 5.74) is 7.22. The fraction of sp³-hybridized carbons (Fsp3) is 0.375. The Kier molecular flexibility index (Phi) is 4.89. The SMILES string of the molecule is CC(C)(C)c1ccc(C(CN)Nc2ccccc2Br)s1. The first-order valence-corrected chi connectivity index (χ1v) is 8.34. The molecule has 0 spiro atoms. The number of para-hydroxylation sites is 1. The molecule has 2 aromatic rings. The highest BCUT2D eigenvalue weighted by Crippen LogP contribution is 2.34. The van der Waals surface area contributed by atoms with Gasteiger partial charge in [-0.15, -0.1) is 11.3 Å². The molecule has 1 atom stereocenters. The summed E-state index contributed by atoms with van der Waals surface area (Å²) < 4.78 is 1.06. The fourth-order valence-electron chi connectivity index (χ4n) is 1.96. The van der Waals surface area contributed by atoms with Gasteiger partial charge < -0.3 is 11.1 Å². The molecule has 20 heavy (non-hydrogen) atoms. The van der Waals surface area contributed by atoms with Crippen LogP contribution in [0.4, 0.5) is 5.69 Å². The van der Waals surface area contributed by atoms with Crippen LogP contribution >= 0.6 is 27.3 Å². The van der Waals surface area contributed by atoms with Crippen molar-refractivity contribution in [2.75, 3.05) is 11.9 Å². The van der Waals surface area contributed by atoms with E-state index >= 15 is 0 Å². The lowest BCUT2D eigenvalue weighted by Gasteiger charge is -2.19. The average molecular weight is 353 g/mol. The number of nitrogens with two attached hydrogens (primary N) is 1. The minimum atomic E-state index is 0.148. The molecule has 0 aliphatic rings. The van der Waals surface area contributed by atoms with Gasteiger partial charge >= 0.3 is 0 Å². The van der Waals surface area contributed by atoms with E-state index in [0.717, 1.165) is 10.2 Å². The summed E-state index contributed by atoms with van der Waals surface area (Å²) in [4.78, 5) is 2.67. The molecular formula is C16H21BrN2S. The van der Waals surface area contributed by atoms with Gasteiger partial charge in [0.2, 0.25) is 0 Å². The Bertz CT molecular complexity index is 572. The molecule has 0 aliphatic heterocycles. The fourth-order valence-corrected chi connectivity index (χ4v) is 3.48. The minimum absolute atomic E-state index is 0.148. The maximum atomic E-state index is 5.95. The number of hydrogen-bond donors (Lipinski definition) is 2. The quantitative estimate of drug-likeness (QED) is 0.819. The topological polar surface area (TPSA) is 38.0 Å². The van der Waals surface area contributed by atoms with Gasteiger partial charge in [0, 0.05) is 26.5 Å². The molecule has 0 saturated carbocycles. The van der Waals surface area contributed by atoms with Crippen molar-refractivity contribution in [2.45, 2.75) is 32.2 Å². The predicted molar refractivity (Wildman–Crippen MR) is 92.6 cm³/mol. The predicted octanol–water partition coefficient (Wildman–Crippen LogP) is 4.92. The van der Waals surface area contributed by atoms with Crippen LogP contribution in [0.15, 0.2) is 40.9 Å². The van der Waals surface area contributed by atoms with E-state index < -0.39 is 0 Å². The highest BCUT2D eigenvalue weighted by atomic mass is 79.9. The molecule has 0 aliphatic carbocycles. The Balaban J connectivity index is 2.21. The summed E-state index contributed by atoms with van der Waals surface area (Å²) in [6.45, 7) is 7.29. The first-order chi connectivity index (χ1) is 9.41. The molecular weight excluding hydrogens is 332 g/mol. The maximum Gasteiger partial charge on any atom is 0.0729 e. The van der Waals surface area contributed by atoms with E-state index in [1.807, 2.05) is 29.5 Å². The summed E-state index contributed by atoms with van der Waals surface area (Å²) in [6.07, 6.45) is 0. The summed E-state index contributed by atoms with van der Waals surface area (Å²) >= 11 is 5.40. The summed E-state index contributed by atoms with van der Waals surface area (Å²) in [5.74, 6) is 0. The molecule has 0 fully saturated rings. The van der Waals surface area contributed by atoms with Gasteiger partial charge in [-0.1, -0.05) is 32.9 Å². The van der Waals surface area contributed by atoms with Gasteiger partial charge in [-0.3, -0.25) is 0 Å². The van der Waals surface area contributed by atoms with Crippen molar-refractivity contribution in [3.8, 4) is 0 Å². The van der Waals surface area contributed by atoms with E-state index in [1.54, 1.807) is 0 Å². The van der Waals surface area contributed by atoms with E-state index in [4.69, 9.17) is 5.73 Å². The highest BCUT2D eigenvalue weighted by Gasteiger charge is 2.19. The standard InChI is InChI=1S/C16H21BrN2S/c1-16(2,3)15-9-8-14(20-15)13(10-18)19-12-7-5-4-6-11(12)17/h4-9,13,19H,10,18H2,1-3H3. The van der Waals surface area contributed by atoms with Crippen LogP contribution in [0.5, 0.6) is 0 Å². The van der Waals surface area contributed by atoms with Gasteiger partial charge in [0.05, 0.1) is 6.04 Å². The number of thiophene rings is 1. The highest BCUT2D eigenvalue weighted by molar-refractivity contribution is 9.10. The van der Waals surface area contributed by atoms with Crippen molar-refractivity contribution in [1.82, 2.24) is 0 Å². The van der Waals surface area contributed by atoms with Crippen LogP contribution in [0.3, 0.4) is 0 Å². The van der Waals surface area contributed by atoms with E-state index in [1.165, 1.54) is 9.75 Å². The van der Waals surface area contributed by atoms with Crippen molar-refractivity contribution in [2.24, 2.45) is 5.73 Å². The van der Waals surface area contributed by atoms with Crippen LogP contribution in [-0.2, 0) is 5.41 Å². The maximum absolute atomic E-state index is 5.95. The van der Waals surface area contributed by atoms with Crippen LogP contribution < -0.4 is 11.1 Å². The van der Waals surface area contributed by atoms with Crippen molar-refractivity contribution in [1.29, 1.82) is 0 Å². The Morgan fingerprint density at radius 3 is 2.45 bits per heavy atom.